The van der Waals surface area contributed by atoms with Gasteiger partial charge >= 0.3 is 0 Å². The van der Waals surface area contributed by atoms with E-state index in [1.165, 1.54) is 6.08 Å². The first-order valence-electron chi connectivity index (χ1n) is 6.66. The number of carbonyl (C=O) groups is 1. The van der Waals surface area contributed by atoms with E-state index in [0.29, 0.717) is 5.69 Å². The fraction of sp³-hybridized carbons (Fsp3) is 0.118. The van der Waals surface area contributed by atoms with E-state index in [-0.39, 0.29) is 5.91 Å². The molecule has 0 saturated heterocycles. The number of rotatable bonds is 4. The highest BCUT2D eigenvalue weighted by Crippen LogP contribution is 2.15. The van der Waals surface area contributed by atoms with Gasteiger partial charge in [-0.15, -0.1) is 0 Å². The third-order valence-electron chi connectivity index (χ3n) is 2.99. The van der Waals surface area contributed by atoms with Gasteiger partial charge in [0, 0.05) is 37.2 Å². The molecule has 4 nitrogen and oxygen atoms in total. The average Bonchev–Trinajstić information content (AvgIpc) is 2.46. The zero-order valence-corrected chi connectivity index (χ0v) is 12.2. The van der Waals surface area contributed by atoms with Crippen molar-refractivity contribution in [3.63, 3.8) is 0 Å². The van der Waals surface area contributed by atoms with Crippen LogP contribution in [0.5, 0.6) is 0 Å². The standard InChI is InChI=1S/C17H19N3O/c1-20(2)16-9-7-15(8-10-16)19-17(21)11-6-13-4-3-5-14(18)12-13/h3-12H,18H2,1-2H3,(H,19,21)/b11-6+. The highest BCUT2D eigenvalue weighted by atomic mass is 16.1. The number of nitrogens with two attached hydrogens (primary N) is 1. The van der Waals surface area contributed by atoms with Gasteiger partial charge in [-0.1, -0.05) is 12.1 Å². The molecule has 0 unspecified atom stereocenters. The van der Waals surface area contributed by atoms with Gasteiger partial charge in [-0.2, -0.15) is 0 Å². The lowest BCUT2D eigenvalue weighted by Crippen LogP contribution is -2.10. The first-order valence-corrected chi connectivity index (χ1v) is 6.66. The maximum Gasteiger partial charge on any atom is 0.248 e. The van der Waals surface area contributed by atoms with Crippen LogP contribution in [0.4, 0.5) is 17.1 Å². The number of benzene rings is 2. The first-order chi connectivity index (χ1) is 10.0. The molecule has 3 N–H and O–H groups in total. The Balaban J connectivity index is 1.98. The van der Waals surface area contributed by atoms with Crippen LogP contribution in [0.15, 0.2) is 54.6 Å². The summed E-state index contributed by atoms with van der Waals surface area (Å²) in [5, 5.41) is 2.82. The molecule has 108 valence electrons. The lowest BCUT2D eigenvalue weighted by molar-refractivity contribution is -0.111. The van der Waals surface area contributed by atoms with Gasteiger partial charge in [0.25, 0.3) is 0 Å². The first kappa shape index (κ1) is 14.7. The van der Waals surface area contributed by atoms with Gasteiger partial charge in [-0.05, 0) is 48.0 Å². The monoisotopic (exact) mass is 281 g/mol. The molecule has 0 atom stereocenters. The Bertz CT molecular complexity index is 645. The number of nitrogen functional groups attached to an aromatic ring is 1. The SMILES string of the molecule is CN(C)c1ccc(NC(=O)/C=C/c2cccc(N)c2)cc1. The zero-order valence-electron chi connectivity index (χ0n) is 12.2. The molecule has 0 spiro atoms. The van der Waals surface area contributed by atoms with Crippen molar-refractivity contribution in [1.29, 1.82) is 0 Å². The molecule has 0 bridgehead atoms. The molecular weight excluding hydrogens is 262 g/mol. The molecule has 4 heteroatoms. The molecule has 2 aromatic carbocycles. The van der Waals surface area contributed by atoms with Crippen LogP contribution in [-0.4, -0.2) is 20.0 Å². The lowest BCUT2D eigenvalue weighted by Gasteiger charge is -2.12. The van der Waals surface area contributed by atoms with Crippen molar-refractivity contribution < 1.29 is 4.79 Å². The number of hydrogen-bond acceptors (Lipinski definition) is 3. The van der Waals surface area contributed by atoms with Gasteiger partial charge in [0.1, 0.15) is 0 Å². The molecule has 0 heterocycles. The Kier molecular flexibility index (Phi) is 4.61. The molecular formula is C17H19N3O. The molecule has 0 radical (unpaired) electrons. The minimum absolute atomic E-state index is 0.171. The minimum Gasteiger partial charge on any atom is -0.399 e. The van der Waals surface area contributed by atoms with Gasteiger partial charge in [0.15, 0.2) is 0 Å². The Labute approximate surface area is 124 Å². The van der Waals surface area contributed by atoms with Gasteiger partial charge in [0.05, 0.1) is 0 Å². The minimum atomic E-state index is -0.171. The summed E-state index contributed by atoms with van der Waals surface area (Å²) < 4.78 is 0. The number of hydrogen-bond donors (Lipinski definition) is 2. The Hall–Kier alpha value is -2.75. The van der Waals surface area contributed by atoms with Crippen molar-refractivity contribution in [2.24, 2.45) is 0 Å². The molecule has 1 amide bonds. The van der Waals surface area contributed by atoms with Crippen LogP contribution < -0.4 is 16.0 Å². The molecule has 0 aromatic heterocycles. The summed E-state index contributed by atoms with van der Waals surface area (Å²) in [7, 11) is 3.95. The second kappa shape index (κ2) is 6.61. The third kappa shape index (κ3) is 4.38. The van der Waals surface area contributed by atoms with Crippen LogP contribution in [0.25, 0.3) is 6.08 Å². The van der Waals surface area contributed by atoms with E-state index in [0.717, 1.165) is 16.9 Å². The highest BCUT2D eigenvalue weighted by Gasteiger charge is 1.99. The van der Waals surface area contributed by atoms with Crippen LogP contribution in [-0.2, 0) is 4.79 Å². The Morgan fingerprint density at radius 3 is 2.48 bits per heavy atom. The molecule has 0 aliphatic rings. The van der Waals surface area contributed by atoms with Crippen molar-refractivity contribution in [3.8, 4) is 0 Å². The fourth-order valence-electron chi connectivity index (χ4n) is 1.86. The lowest BCUT2D eigenvalue weighted by atomic mass is 10.2. The molecule has 0 saturated carbocycles. The van der Waals surface area contributed by atoms with Crippen molar-refractivity contribution in [3.05, 3.63) is 60.2 Å². The van der Waals surface area contributed by atoms with E-state index < -0.39 is 0 Å². The van der Waals surface area contributed by atoms with Gasteiger partial charge in [-0.3, -0.25) is 4.79 Å². The van der Waals surface area contributed by atoms with Crippen LogP contribution >= 0.6 is 0 Å². The molecule has 0 aliphatic carbocycles. The number of nitrogens with one attached hydrogen (secondary N) is 1. The van der Waals surface area contributed by atoms with Crippen molar-refractivity contribution in [2.45, 2.75) is 0 Å². The van der Waals surface area contributed by atoms with Crippen molar-refractivity contribution in [1.82, 2.24) is 0 Å². The van der Waals surface area contributed by atoms with Gasteiger partial charge < -0.3 is 16.0 Å². The molecule has 2 aromatic rings. The largest absolute Gasteiger partial charge is 0.399 e. The quantitative estimate of drug-likeness (QED) is 0.669. The highest BCUT2D eigenvalue weighted by molar-refractivity contribution is 6.02. The van der Waals surface area contributed by atoms with Crippen LogP contribution in [0.2, 0.25) is 0 Å². The smallest absolute Gasteiger partial charge is 0.248 e. The Morgan fingerprint density at radius 2 is 1.86 bits per heavy atom. The van der Waals surface area contributed by atoms with Gasteiger partial charge in [0.2, 0.25) is 5.91 Å². The van der Waals surface area contributed by atoms with Crippen LogP contribution in [0.1, 0.15) is 5.56 Å². The summed E-state index contributed by atoms with van der Waals surface area (Å²) in [6, 6.07) is 15.0. The van der Waals surface area contributed by atoms with Gasteiger partial charge in [-0.25, -0.2) is 0 Å². The topological polar surface area (TPSA) is 58.4 Å². The normalized spacial score (nSPS) is 10.6. The van der Waals surface area contributed by atoms with E-state index in [1.54, 1.807) is 6.08 Å². The number of amides is 1. The van der Waals surface area contributed by atoms with Crippen molar-refractivity contribution >= 4 is 29.0 Å². The van der Waals surface area contributed by atoms with E-state index in [9.17, 15) is 4.79 Å². The predicted octanol–water partition coefficient (Wildman–Crippen LogP) is 2.99. The van der Waals surface area contributed by atoms with E-state index in [2.05, 4.69) is 5.32 Å². The Morgan fingerprint density at radius 1 is 1.14 bits per heavy atom. The molecule has 2 rings (SSSR count). The van der Waals surface area contributed by atoms with Crippen LogP contribution in [0, 0.1) is 0 Å². The summed E-state index contributed by atoms with van der Waals surface area (Å²) in [6.07, 6.45) is 3.23. The van der Waals surface area contributed by atoms with Crippen molar-refractivity contribution in [2.75, 3.05) is 30.0 Å². The van der Waals surface area contributed by atoms with E-state index in [4.69, 9.17) is 5.73 Å². The maximum absolute atomic E-state index is 11.8. The van der Waals surface area contributed by atoms with E-state index in [1.807, 2.05) is 67.5 Å². The summed E-state index contributed by atoms with van der Waals surface area (Å²) in [5.74, 6) is -0.171. The second-order valence-electron chi connectivity index (χ2n) is 4.93. The number of nitrogens with zero attached hydrogens (tertiary/aromatic N) is 1. The van der Waals surface area contributed by atoms with Crippen LogP contribution in [0.3, 0.4) is 0 Å². The fourth-order valence-corrected chi connectivity index (χ4v) is 1.86. The summed E-state index contributed by atoms with van der Waals surface area (Å²) in [5.41, 5.74) is 9.12. The third-order valence-corrected chi connectivity index (χ3v) is 2.99. The second-order valence-corrected chi connectivity index (χ2v) is 4.93. The summed E-state index contributed by atoms with van der Waals surface area (Å²) >= 11 is 0. The molecule has 0 aliphatic heterocycles. The molecule has 21 heavy (non-hydrogen) atoms. The predicted molar refractivity (Wildman–Crippen MR) is 89.3 cm³/mol. The average molecular weight is 281 g/mol. The number of carbonyl (C=O) groups excluding carboxylic acids is 1. The number of anilines is 3. The summed E-state index contributed by atoms with van der Waals surface area (Å²) in [6.45, 7) is 0. The zero-order chi connectivity index (χ0) is 15.2. The maximum atomic E-state index is 11.8. The summed E-state index contributed by atoms with van der Waals surface area (Å²) in [4.78, 5) is 13.9. The molecule has 0 fully saturated rings. The van der Waals surface area contributed by atoms with E-state index >= 15 is 0 Å².